The molecule has 0 bridgehead atoms. The molecule has 1 aliphatic heterocycles. The lowest BCUT2D eigenvalue weighted by Crippen LogP contribution is -2.41. The third kappa shape index (κ3) is 2.95. The van der Waals surface area contributed by atoms with E-state index in [9.17, 15) is 13.5 Å². The Balaban J connectivity index is 2.60. The molecule has 0 aliphatic carbocycles. The van der Waals surface area contributed by atoms with E-state index in [2.05, 4.69) is 6.92 Å². The molecule has 0 aromatic heterocycles. The molecule has 3 atom stereocenters. The second kappa shape index (κ2) is 6.32. The van der Waals surface area contributed by atoms with Crippen LogP contribution >= 0.6 is 0 Å². The largest absolute Gasteiger partial charge is 0.392 e. The molecule has 2 unspecified atom stereocenters. The molecule has 0 saturated carbocycles. The Labute approximate surface area is 134 Å². The fraction of sp³-hybridized carbons (Fsp3) is 0.667. The van der Waals surface area contributed by atoms with Crippen molar-refractivity contribution >= 4 is 9.84 Å². The zero-order chi connectivity index (χ0) is 16.5. The molecule has 1 aromatic carbocycles. The third-order valence-corrected chi connectivity index (χ3v) is 7.30. The quantitative estimate of drug-likeness (QED) is 0.915. The minimum absolute atomic E-state index is 0.0536. The summed E-state index contributed by atoms with van der Waals surface area (Å²) in [5.74, 6) is -0.109. The highest BCUT2D eigenvalue weighted by Gasteiger charge is 2.46. The minimum atomic E-state index is -3.37. The van der Waals surface area contributed by atoms with Crippen LogP contribution in [-0.4, -0.2) is 25.4 Å². The van der Waals surface area contributed by atoms with E-state index in [-0.39, 0.29) is 11.7 Å². The monoisotopic (exact) mass is 324 g/mol. The Kier molecular flexibility index (Phi) is 5.03. The summed E-state index contributed by atoms with van der Waals surface area (Å²) in [4.78, 5) is 0.413. The van der Waals surface area contributed by atoms with Gasteiger partial charge in [-0.3, -0.25) is 0 Å². The van der Waals surface area contributed by atoms with Crippen molar-refractivity contribution < 1.29 is 13.5 Å². The van der Waals surface area contributed by atoms with Gasteiger partial charge in [-0.25, -0.2) is 8.42 Å². The molecule has 0 fully saturated rings. The van der Waals surface area contributed by atoms with E-state index in [0.29, 0.717) is 11.3 Å². The van der Waals surface area contributed by atoms with Gasteiger partial charge < -0.3 is 5.11 Å². The lowest BCUT2D eigenvalue weighted by molar-refractivity contribution is 0.0126. The Hall–Kier alpha value is -0.870. The number of hydrogen-bond acceptors (Lipinski definition) is 3. The van der Waals surface area contributed by atoms with Crippen LogP contribution in [0.2, 0.25) is 0 Å². The number of sulfone groups is 1. The summed E-state index contributed by atoms with van der Waals surface area (Å²) in [7, 11) is -3.37. The Morgan fingerprint density at radius 3 is 2.59 bits per heavy atom. The number of aliphatic hydroxyl groups is 1. The topological polar surface area (TPSA) is 54.4 Å². The van der Waals surface area contributed by atoms with Crippen molar-refractivity contribution in [3.8, 4) is 0 Å². The standard InChI is InChI=1S/C18H28O3S/c1-5-7-10-18(6-2)12-22(20,21)16-9-8-13(3)11-15(16)14(4)17(18)19/h8-9,11,14,17,19H,5-7,10,12H2,1-4H3/t14-,17?,18?/m1/s1. The highest BCUT2D eigenvalue weighted by Crippen LogP contribution is 2.46. The average Bonchev–Trinajstić information content (AvgIpc) is 2.54. The molecule has 0 amide bonds. The lowest BCUT2D eigenvalue weighted by Gasteiger charge is -2.38. The van der Waals surface area contributed by atoms with E-state index >= 15 is 0 Å². The number of aryl methyl sites for hydroxylation is 1. The molecule has 0 saturated heterocycles. The van der Waals surface area contributed by atoms with Crippen LogP contribution in [0.1, 0.15) is 63.5 Å². The molecule has 1 aliphatic rings. The zero-order valence-electron chi connectivity index (χ0n) is 14.1. The van der Waals surface area contributed by atoms with E-state index in [1.165, 1.54) is 0 Å². The van der Waals surface area contributed by atoms with Crippen molar-refractivity contribution in [3.05, 3.63) is 29.3 Å². The van der Waals surface area contributed by atoms with Gasteiger partial charge >= 0.3 is 0 Å². The second-order valence-corrected chi connectivity index (χ2v) is 8.81. The van der Waals surface area contributed by atoms with Gasteiger partial charge in [0.05, 0.1) is 16.8 Å². The molecule has 3 nitrogen and oxygen atoms in total. The molecule has 1 N–H and O–H groups in total. The van der Waals surface area contributed by atoms with Crippen LogP contribution in [0, 0.1) is 12.3 Å². The predicted octanol–water partition coefficient (Wildman–Crippen LogP) is 3.83. The van der Waals surface area contributed by atoms with E-state index in [1.807, 2.05) is 32.9 Å². The first-order chi connectivity index (χ1) is 10.3. The fourth-order valence-electron chi connectivity index (χ4n) is 3.79. The average molecular weight is 324 g/mol. The van der Waals surface area contributed by atoms with Gasteiger partial charge in [-0.1, -0.05) is 51.3 Å². The van der Waals surface area contributed by atoms with Gasteiger partial charge in [-0.2, -0.15) is 0 Å². The molecule has 22 heavy (non-hydrogen) atoms. The summed E-state index contributed by atoms with van der Waals surface area (Å²) in [6.45, 7) is 8.02. The summed E-state index contributed by atoms with van der Waals surface area (Å²) in [5.41, 5.74) is 1.27. The van der Waals surface area contributed by atoms with Gasteiger partial charge in [0.2, 0.25) is 0 Å². The summed E-state index contributed by atoms with van der Waals surface area (Å²) in [5, 5.41) is 11.0. The minimum Gasteiger partial charge on any atom is -0.392 e. The molecule has 0 radical (unpaired) electrons. The van der Waals surface area contributed by atoms with Gasteiger partial charge in [0, 0.05) is 11.3 Å². The zero-order valence-corrected chi connectivity index (χ0v) is 14.9. The third-order valence-electron chi connectivity index (χ3n) is 5.30. The van der Waals surface area contributed by atoms with Gasteiger partial charge in [-0.05, 0) is 31.4 Å². The molecule has 2 rings (SSSR count). The number of hydrogen-bond donors (Lipinski definition) is 1. The number of aliphatic hydroxyl groups excluding tert-OH is 1. The van der Waals surface area contributed by atoms with Crippen molar-refractivity contribution in [2.45, 2.75) is 70.3 Å². The molecule has 1 heterocycles. The van der Waals surface area contributed by atoms with Crippen molar-refractivity contribution in [2.75, 3.05) is 5.75 Å². The predicted molar refractivity (Wildman–Crippen MR) is 89.9 cm³/mol. The van der Waals surface area contributed by atoms with Crippen LogP contribution in [-0.2, 0) is 9.84 Å². The highest BCUT2D eigenvalue weighted by molar-refractivity contribution is 7.91. The maximum atomic E-state index is 12.9. The molecule has 0 spiro atoms. The Morgan fingerprint density at radius 2 is 2.00 bits per heavy atom. The van der Waals surface area contributed by atoms with Crippen LogP contribution in [0.25, 0.3) is 0 Å². The molecular formula is C18H28O3S. The van der Waals surface area contributed by atoms with E-state index in [1.54, 1.807) is 6.07 Å². The van der Waals surface area contributed by atoms with E-state index < -0.39 is 21.4 Å². The summed E-state index contributed by atoms with van der Waals surface area (Å²) >= 11 is 0. The number of fused-ring (bicyclic) bond motifs is 1. The van der Waals surface area contributed by atoms with Gasteiger partial charge in [0.15, 0.2) is 9.84 Å². The van der Waals surface area contributed by atoms with Crippen molar-refractivity contribution in [2.24, 2.45) is 5.41 Å². The van der Waals surface area contributed by atoms with Crippen molar-refractivity contribution in [1.29, 1.82) is 0 Å². The van der Waals surface area contributed by atoms with E-state index in [0.717, 1.165) is 30.4 Å². The van der Waals surface area contributed by atoms with Gasteiger partial charge in [-0.15, -0.1) is 0 Å². The molecule has 1 aromatic rings. The van der Waals surface area contributed by atoms with Crippen molar-refractivity contribution in [3.63, 3.8) is 0 Å². The summed E-state index contributed by atoms with van der Waals surface area (Å²) in [6.07, 6.45) is 2.78. The first kappa shape index (κ1) is 17.5. The molecular weight excluding hydrogens is 296 g/mol. The highest BCUT2D eigenvalue weighted by atomic mass is 32.2. The number of rotatable bonds is 4. The SMILES string of the molecule is CCCCC1(CC)CS(=O)(=O)c2ccc(C)cc2[C@@H](C)C1O. The van der Waals surface area contributed by atoms with Crippen LogP contribution in [0.4, 0.5) is 0 Å². The van der Waals surface area contributed by atoms with Gasteiger partial charge in [0.25, 0.3) is 0 Å². The Morgan fingerprint density at radius 1 is 1.32 bits per heavy atom. The molecule has 4 heteroatoms. The van der Waals surface area contributed by atoms with Crippen molar-refractivity contribution in [1.82, 2.24) is 0 Å². The van der Waals surface area contributed by atoms with Crippen LogP contribution < -0.4 is 0 Å². The number of benzene rings is 1. The van der Waals surface area contributed by atoms with Gasteiger partial charge in [0.1, 0.15) is 0 Å². The maximum Gasteiger partial charge on any atom is 0.179 e. The lowest BCUT2D eigenvalue weighted by atomic mass is 9.71. The Bertz CT molecular complexity index is 636. The van der Waals surface area contributed by atoms with Crippen LogP contribution in [0.3, 0.4) is 0 Å². The first-order valence-electron chi connectivity index (χ1n) is 8.29. The second-order valence-electron chi connectivity index (χ2n) is 6.85. The van der Waals surface area contributed by atoms with Crippen LogP contribution in [0.5, 0.6) is 0 Å². The maximum absolute atomic E-state index is 12.9. The first-order valence-corrected chi connectivity index (χ1v) is 9.94. The number of unbranched alkanes of at least 4 members (excludes halogenated alkanes) is 1. The normalized spacial score (nSPS) is 30.6. The smallest absolute Gasteiger partial charge is 0.179 e. The van der Waals surface area contributed by atoms with E-state index in [4.69, 9.17) is 0 Å². The molecule has 124 valence electrons. The van der Waals surface area contributed by atoms with Crippen LogP contribution in [0.15, 0.2) is 23.1 Å². The fourth-order valence-corrected chi connectivity index (χ4v) is 6.10. The summed E-state index contributed by atoms with van der Waals surface area (Å²) in [6, 6.07) is 5.49. The summed E-state index contributed by atoms with van der Waals surface area (Å²) < 4.78 is 25.8.